The van der Waals surface area contributed by atoms with Crippen LogP contribution in [0.25, 0.3) is 0 Å². The van der Waals surface area contributed by atoms with Crippen LogP contribution in [0.1, 0.15) is 17.4 Å². The second-order valence-corrected chi connectivity index (χ2v) is 5.00. The van der Waals surface area contributed by atoms with E-state index >= 15 is 0 Å². The summed E-state index contributed by atoms with van der Waals surface area (Å²) in [7, 11) is 0. The molecule has 0 unspecified atom stereocenters. The minimum Gasteiger partial charge on any atom is -0.379 e. The number of hydroxylamine groups is 2. The summed E-state index contributed by atoms with van der Waals surface area (Å²) in [6.07, 6.45) is 2.81. The molecule has 1 fully saturated rings. The zero-order valence-electron chi connectivity index (χ0n) is 12.2. The van der Waals surface area contributed by atoms with Gasteiger partial charge in [0.05, 0.1) is 19.4 Å². The number of primary amides is 1. The van der Waals surface area contributed by atoms with Crippen LogP contribution >= 0.6 is 0 Å². The first kappa shape index (κ1) is 14.6. The summed E-state index contributed by atoms with van der Waals surface area (Å²) in [4.78, 5) is 20.8. The molecule has 116 valence electrons. The standard InChI is InChI=1S/C15H17N3O4/c1-10-8-11(15-20-6-7-21-15)2-3-13(10)22-18-5-4-17-12(9-18)14(16)19/h2-5,8,15H,6-7,9H2,1H3,(H2,16,19). The molecule has 0 spiro atoms. The van der Waals surface area contributed by atoms with Gasteiger partial charge in [-0.05, 0) is 24.6 Å². The van der Waals surface area contributed by atoms with E-state index in [0.717, 1.165) is 11.1 Å². The van der Waals surface area contributed by atoms with Gasteiger partial charge in [-0.15, -0.1) is 0 Å². The van der Waals surface area contributed by atoms with Gasteiger partial charge < -0.3 is 20.0 Å². The van der Waals surface area contributed by atoms with Crippen molar-refractivity contribution in [3.05, 3.63) is 41.7 Å². The summed E-state index contributed by atoms with van der Waals surface area (Å²) in [5.74, 6) is 0.123. The van der Waals surface area contributed by atoms with Crippen LogP contribution < -0.4 is 10.6 Å². The third kappa shape index (κ3) is 3.10. The zero-order chi connectivity index (χ0) is 15.5. The number of amides is 1. The number of aliphatic imine (C=N–C) groups is 1. The number of hydrogen-bond donors (Lipinski definition) is 1. The Morgan fingerprint density at radius 2 is 2.18 bits per heavy atom. The van der Waals surface area contributed by atoms with Crippen molar-refractivity contribution in [1.82, 2.24) is 5.06 Å². The number of aryl methyl sites for hydroxylation is 1. The summed E-state index contributed by atoms with van der Waals surface area (Å²) < 4.78 is 10.9. The molecule has 1 aromatic rings. The van der Waals surface area contributed by atoms with Gasteiger partial charge in [-0.2, -0.15) is 0 Å². The van der Waals surface area contributed by atoms with Crippen molar-refractivity contribution in [3.8, 4) is 5.75 Å². The minimum atomic E-state index is -0.555. The Morgan fingerprint density at radius 3 is 2.86 bits per heavy atom. The molecule has 22 heavy (non-hydrogen) atoms. The number of benzene rings is 1. The maximum atomic E-state index is 11.2. The first-order chi connectivity index (χ1) is 10.6. The zero-order valence-corrected chi connectivity index (χ0v) is 12.2. The molecule has 1 saturated heterocycles. The lowest BCUT2D eigenvalue weighted by atomic mass is 10.1. The molecule has 2 aliphatic heterocycles. The molecular weight excluding hydrogens is 286 g/mol. The molecule has 2 N–H and O–H groups in total. The van der Waals surface area contributed by atoms with Crippen molar-refractivity contribution in [2.75, 3.05) is 19.8 Å². The van der Waals surface area contributed by atoms with E-state index in [9.17, 15) is 4.79 Å². The Labute approximate surface area is 127 Å². The van der Waals surface area contributed by atoms with E-state index in [4.69, 9.17) is 20.0 Å². The van der Waals surface area contributed by atoms with Crippen LogP contribution in [-0.2, 0) is 14.3 Å². The molecule has 0 bridgehead atoms. The van der Waals surface area contributed by atoms with E-state index < -0.39 is 5.91 Å². The molecular formula is C15H17N3O4. The van der Waals surface area contributed by atoms with Crippen molar-refractivity contribution in [1.29, 1.82) is 0 Å². The molecule has 1 amide bonds. The van der Waals surface area contributed by atoms with Crippen LogP contribution in [0.15, 0.2) is 35.6 Å². The minimum absolute atomic E-state index is 0.210. The predicted octanol–water partition coefficient (Wildman–Crippen LogP) is 1.05. The lowest BCUT2D eigenvalue weighted by molar-refractivity contribution is -0.112. The predicted molar refractivity (Wildman–Crippen MR) is 78.9 cm³/mol. The average Bonchev–Trinajstić information content (AvgIpc) is 3.04. The van der Waals surface area contributed by atoms with Crippen LogP contribution in [0, 0.1) is 6.92 Å². The third-order valence-electron chi connectivity index (χ3n) is 3.36. The fraction of sp³-hybridized carbons (Fsp3) is 0.333. The maximum absolute atomic E-state index is 11.2. The van der Waals surface area contributed by atoms with E-state index in [1.54, 1.807) is 6.20 Å². The molecule has 2 heterocycles. The number of hydrogen-bond acceptors (Lipinski definition) is 6. The van der Waals surface area contributed by atoms with Gasteiger partial charge in [0, 0.05) is 11.8 Å². The Balaban J connectivity index is 1.69. The number of carbonyl (C=O) groups excluding carboxylic acids is 1. The van der Waals surface area contributed by atoms with Crippen LogP contribution in [-0.4, -0.2) is 36.4 Å². The summed E-state index contributed by atoms with van der Waals surface area (Å²) in [5.41, 5.74) is 7.38. The Kier molecular flexibility index (Phi) is 4.08. The Hall–Kier alpha value is -2.38. The van der Waals surface area contributed by atoms with Crippen molar-refractivity contribution >= 4 is 11.6 Å². The second kappa shape index (κ2) is 6.17. The average molecular weight is 303 g/mol. The van der Waals surface area contributed by atoms with Gasteiger partial charge >= 0.3 is 0 Å². The Bertz CT molecular complexity index is 636. The molecule has 7 nitrogen and oxygen atoms in total. The highest BCUT2D eigenvalue weighted by atomic mass is 16.7. The summed E-state index contributed by atoms with van der Waals surface area (Å²) in [6, 6.07) is 5.70. The fourth-order valence-corrected chi connectivity index (χ4v) is 2.24. The van der Waals surface area contributed by atoms with Crippen LogP contribution in [0.2, 0.25) is 0 Å². The van der Waals surface area contributed by atoms with E-state index in [0.29, 0.717) is 19.0 Å². The molecule has 0 aromatic heterocycles. The number of carbonyl (C=O) groups is 1. The maximum Gasteiger partial charge on any atom is 0.265 e. The molecule has 3 rings (SSSR count). The van der Waals surface area contributed by atoms with Crippen molar-refractivity contribution < 1.29 is 19.1 Å². The fourth-order valence-electron chi connectivity index (χ4n) is 2.24. The van der Waals surface area contributed by atoms with Gasteiger partial charge in [0.15, 0.2) is 12.0 Å². The second-order valence-electron chi connectivity index (χ2n) is 5.00. The normalized spacial score (nSPS) is 18.4. The molecule has 7 heteroatoms. The highest BCUT2D eigenvalue weighted by Crippen LogP contribution is 2.28. The van der Waals surface area contributed by atoms with Crippen LogP contribution in [0.5, 0.6) is 5.75 Å². The first-order valence-electron chi connectivity index (χ1n) is 6.95. The molecule has 0 radical (unpaired) electrons. The SMILES string of the molecule is Cc1cc(C2OCCO2)ccc1ON1C=CN=C(C(N)=O)C1. The van der Waals surface area contributed by atoms with Gasteiger partial charge in [-0.3, -0.25) is 9.79 Å². The highest BCUT2D eigenvalue weighted by molar-refractivity contribution is 6.39. The topological polar surface area (TPSA) is 86.4 Å². The largest absolute Gasteiger partial charge is 0.379 e. The molecule has 0 aliphatic carbocycles. The van der Waals surface area contributed by atoms with Crippen LogP contribution in [0.3, 0.4) is 0 Å². The van der Waals surface area contributed by atoms with Gasteiger partial charge in [0.1, 0.15) is 12.3 Å². The summed E-state index contributed by atoms with van der Waals surface area (Å²) in [5, 5.41) is 1.51. The van der Waals surface area contributed by atoms with Gasteiger partial charge in [-0.25, -0.2) is 5.06 Å². The number of nitrogens with zero attached hydrogens (tertiary/aromatic N) is 2. The van der Waals surface area contributed by atoms with Gasteiger partial charge in [0.2, 0.25) is 0 Å². The lowest BCUT2D eigenvalue weighted by Gasteiger charge is -2.23. The van der Waals surface area contributed by atoms with Crippen LogP contribution in [0.4, 0.5) is 0 Å². The molecule has 0 atom stereocenters. The summed E-state index contributed by atoms with van der Waals surface area (Å²) >= 11 is 0. The number of ether oxygens (including phenoxy) is 2. The van der Waals surface area contributed by atoms with E-state index in [1.807, 2.05) is 25.1 Å². The smallest absolute Gasteiger partial charge is 0.265 e. The van der Waals surface area contributed by atoms with Gasteiger partial charge in [0.25, 0.3) is 5.91 Å². The third-order valence-corrected chi connectivity index (χ3v) is 3.36. The van der Waals surface area contributed by atoms with Crippen molar-refractivity contribution in [2.24, 2.45) is 10.7 Å². The van der Waals surface area contributed by atoms with Crippen molar-refractivity contribution in [2.45, 2.75) is 13.2 Å². The highest BCUT2D eigenvalue weighted by Gasteiger charge is 2.20. The van der Waals surface area contributed by atoms with Gasteiger partial charge in [-0.1, -0.05) is 6.07 Å². The number of nitrogens with two attached hydrogens (primary N) is 1. The molecule has 2 aliphatic rings. The molecule has 1 aromatic carbocycles. The summed E-state index contributed by atoms with van der Waals surface area (Å²) in [6.45, 7) is 3.36. The van der Waals surface area contributed by atoms with E-state index in [2.05, 4.69) is 4.99 Å². The quantitative estimate of drug-likeness (QED) is 0.898. The first-order valence-corrected chi connectivity index (χ1v) is 6.95. The van der Waals surface area contributed by atoms with Crippen molar-refractivity contribution in [3.63, 3.8) is 0 Å². The lowest BCUT2D eigenvalue weighted by Crippen LogP contribution is -2.37. The Morgan fingerprint density at radius 1 is 1.41 bits per heavy atom. The number of rotatable bonds is 4. The van der Waals surface area contributed by atoms with E-state index in [1.165, 1.54) is 11.3 Å². The molecule has 0 saturated carbocycles. The van der Waals surface area contributed by atoms with E-state index in [-0.39, 0.29) is 18.5 Å². The monoisotopic (exact) mass is 303 g/mol.